The summed E-state index contributed by atoms with van der Waals surface area (Å²) in [4.78, 5) is 11.5. The van der Waals surface area contributed by atoms with Crippen molar-refractivity contribution in [2.45, 2.75) is 25.5 Å². The van der Waals surface area contributed by atoms with Crippen LogP contribution in [0.2, 0.25) is 0 Å². The van der Waals surface area contributed by atoms with Crippen molar-refractivity contribution in [1.82, 2.24) is 5.32 Å². The Morgan fingerprint density at radius 1 is 1.47 bits per heavy atom. The van der Waals surface area contributed by atoms with E-state index in [1.165, 1.54) is 11.5 Å². The molecule has 1 saturated heterocycles. The molecule has 1 amide bonds. The molecule has 0 aromatic carbocycles. The Hall–Kier alpha value is 0.130. The van der Waals surface area contributed by atoms with Gasteiger partial charge in [0.25, 0.3) is 0 Å². The van der Waals surface area contributed by atoms with Crippen LogP contribution in [0.25, 0.3) is 0 Å². The standard InChI is InChI=1S/C12H23NO2S2/c1-10(2)8-15-4-3-12(14)13-7-11-9-16-5-6-17-11/h10-11H,3-9H2,1-2H3,(H,13,14). The first-order chi connectivity index (χ1) is 8.18. The molecule has 1 unspecified atom stereocenters. The lowest BCUT2D eigenvalue weighted by molar-refractivity contribution is -0.122. The van der Waals surface area contributed by atoms with Crippen LogP contribution in [-0.4, -0.2) is 48.2 Å². The average Bonchev–Trinajstić information content (AvgIpc) is 2.33. The molecule has 1 rings (SSSR count). The summed E-state index contributed by atoms with van der Waals surface area (Å²) in [7, 11) is 0. The van der Waals surface area contributed by atoms with Gasteiger partial charge in [-0.2, -0.15) is 23.5 Å². The fraction of sp³-hybridized carbons (Fsp3) is 0.917. The van der Waals surface area contributed by atoms with E-state index >= 15 is 0 Å². The van der Waals surface area contributed by atoms with Crippen molar-refractivity contribution in [2.75, 3.05) is 37.0 Å². The number of nitrogens with one attached hydrogen (secondary N) is 1. The van der Waals surface area contributed by atoms with E-state index in [0.717, 1.165) is 18.9 Å². The van der Waals surface area contributed by atoms with Crippen LogP contribution in [0.3, 0.4) is 0 Å². The highest BCUT2D eigenvalue weighted by atomic mass is 32.2. The lowest BCUT2D eigenvalue weighted by Gasteiger charge is -2.21. The molecular formula is C12H23NO2S2. The summed E-state index contributed by atoms with van der Waals surface area (Å²) in [6, 6.07) is 0. The number of hydrogen-bond donors (Lipinski definition) is 1. The van der Waals surface area contributed by atoms with E-state index in [0.29, 0.717) is 24.2 Å². The molecule has 0 bridgehead atoms. The Bertz CT molecular complexity index is 219. The maximum absolute atomic E-state index is 11.5. The summed E-state index contributed by atoms with van der Waals surface area (Å²) in [6.45, 7) is 6.30. The second-order valence-electron chi connectivity index (χ2n) is 4.59. The zero-order valence-corrected chi connectivity index (χ0v) is 12.4. The number of ether oxygens (including phenoxy) is 1. The van der Waals surface area contributed by atoms with Crippen molar-refractivity contribution in [1.29, 1.82) is 0 Å². The molecule has 100 valence electrons. The van der Waals surface area contributed by atoms with Gasteiger partial charge in [0.1, 0.15) is 0 Å². The molecule has 1 fully saturated rings. The van der Waals surface area contributed by atoms with Gasteiger partial charge in [-0.3, -0.25) is 4.79 Å². The van der Waals surface area contributed by atoms with E-state index in [4.69, 9.17) is 4.74 Å². The van der Waals surface area contributed by atoms with Gasteiger partial charge in [0.05, 0.1) is 6.61 Å². The summed E-state index contributed by atoms with van der Waals surface area (Å²) < 4.78 is 5.39. The van der Waals surface area contributed by atoms with Crippen molar-refractivity contribution >= 4 is 29.4 Å². The number of rotatable bonds is 7. The molecule has 0 spiro atoms. The first-order valence-corrected chi connectivity index (χ1v) is 8.42. The second kappa shape index (κ2) is 9.11. The Labute approximate surface area is 113 Å². The summed E-state index contributed by atoms with van der Waals surface area (Å²) >= 11 is 3.95. The summed E-state index contributed by atoms with van der Waals surface area (Å²) in [5.74, 6) is 4.27. The number of carbonyl (C=O) groups is 1. The van der Waals surface area contributed by atoms with Crippen LogP contribution in [0.4, 0.5) is 0 Å². The van der Waals surface area contributed by atoms with Gasteiger partial charge in [-0.15, -0.1) is 0 Å². The zero-order valence-electron chi connectivity index (χ0n) is 10.7. The summed E-state index contributed by atoms with van der Waals surface area (Å²) in [5.41, 5.74) is 0. The van der Waals surface area contributed by atoms with Crippen LogP contribution in [0.15, 0.2) is 0 Å². The topological polar surface area (TPSA) is 38.3 Å². The molecule has 1 atom stereocenters. The minimum absolute atomic E-state index is 0.116. The molecular weight excluding hydrogens is 254 g/mol. The second-order valence-corrected chi connectivity index (χ2v) is 7.15. The van der Waals surface area contributed by atoms with Crippen molar-refractivity contribution in [3.63, 3.8) is 0 Å². The van der Waals surface area contributed by atoms with E-state index in [1.807, 2.05) is 23.5 Å². The first kappa shape index (κ1) is 15.2. The van der Waals surface area contributed by atoms with Gasteiger partial charge < -0.3 is 10.1 Å². The van der Waals surface area contributed by atoms with E-state index in [1.54, 1.807) is 0 Å². The fourth-order valence-corrected chi connectivity index (χ4v) is 4.07. The smallest absolute Gasteiger partial charge is 0.222 e. The van der Waals surface area contributed by atoms with Gasteiger partial charge in [0, 0.05) is 42.1 Å². The first-order valence-electron chi connectivity index (χ1n) is 6.22. The van der Waals surface area contributed by atoms with Crippen molar-refractivity contribution in [2.24, 2.45) is 5.92 Å². The van der Waals surface area contributed by atoms with Gasteiger partial charge in [-0.1, -0.05) is 13.8 Å². The molecule has 0 aromatic rings. The van der Waals surface area contributed by atoms with Gasteiger partial charge in [-0.25, -0.2) is 0 Å². The third-order valence-electron chi connectivity index (χ3n) is 2.34. The third kappa shape index (κ3) is 7.95. The van der Waals surface area contributed by atoms with Crippen LogP contribution in [0.5, 0.6) is 0 Å². The SMILES string of the molecule is CC(C)COCCC(=O)NCC1CSCCS1. The van der Waals surface area contributed by atoms with Gasteiger partial charge in [0.15, 0.2) is 0 Å². The number of carbonyl (C=O) groups excluding carboxylic acids is 1. The Morgan fingerprint density at radius 2 is 2.29 bits per heavy atom. The maximum atomic E-state index is 11.5. The lowest BCUT2D eigenvalue weighted by atomic mass is 10.2. The molecule has 1 heterocycles. The van der Waals surface area contributed by atoms with E-state index in [2.05, 4.69) is 19.2 Å². The van der Waals surface area contributed by atoms with Crippen molar-refractivity contribution in [3.05, 3.63) is 0 Å². The number of thioether (sulfide) groups is 2. The molecule has 1 aliphatic rings. The van der Waals surface area contributed by atoms with Gasteiger partial charge >= 0.3 is 0 Å². The van der Waals surface area contributed by atoms with E-state index in [9.17, 15) is 4.79 Å². The molecule has 5 heteroatoms. The molecule has 1 N–H and O–H groups in total. The molecule has 1 aliphatic heterocycles. The molecule has 3 nitrogen and oxygen atoms in total. The largest absolute Gasteiger partial charge is 0.381 e. The predicted molar refractivity (Wildman–Crippen MR) is 76.9 cm³/mol. The monoisotopic (exact) mass is 277 g/mol. The minimum Gasteiger partial charge on any atom is -0.381 e. The van der Waals surface area contributed by atoms with Crippen LogP contribution in [0.1, 0.15) is 20.3 Å². The minimum atomic E-state index is 0.116. The highest BCUT2D eigenvalue weighted by Crippen LogP contribution is 2.23. The van der Waals surface area contributed by atoms with Crippen LogP contribution >= 0.6 is 23.5 Å². The van der Waals surface area contributed by atoms with Crippen LogP contribution in [0, 0.1) is 5.92 Å². The zero-order chi connectivity index (χ0) is 12.5. The number of hydrogen-bond acceptors (Lipinski definition) is 4. The Balaban J connectivity index is 1.96. The summed E-state index contributed by atoms with van der Waals surface area (Å²) in [5, 5.41) is 3.58. The van der Waals surface area contributed by atoms with E-state index < -0.39 is 0 Å². The van der Waals surface area contributed by atoms with Gasteiger partial charge in [0.2, 0.25) is 5.91 Å². The quantitative estimate of drug-likeness (QED) is 0.723. The highest BCUT2D eigenvalue weighted by molar-refractivity contribution is 8.06. The fourth-order valence-electron chi connectivity index (χ4n) is 1.45. The number of amides is 1. The molecule has 0 radical (unpaired) electrons. The lowest BCUT2D eigenvalue weighted by Crippen LogP contribution is -2.33. The van der Waals surface area contributed by atoms with Crippen molar-refractivity contribution < 1.29 is 9.53 Å². The molecule has 0 aromatic heterocycles. The predicted octanol–water partition coefficient (Wildman–Crippen LogP) is 2.01. The maximum Gasteiger partial charge on any atom is 0.222 e. The Kier molecular flexibility index (Phi) is 8.14. The van der Waals surface area contributed by atoms with Crippen LogP contribution in [-0.2, 0) is 9.53 Å². The van der Waals surface area contributed by atoms with Crippen molar-refractivity contribution in [3.8, 4) is 0 Å². The molecule has 0 aliphatic carbocycles. The Morgan fingerprint density at radius 3 is 2.94 bits per heavy atom. The van der Waals surface area contributed by atoms with Crippen LogP contribution < -0.4 is 5.32 Å². The van der Waals surface area contributed by atoms with Gasteiger partial charge in [-0.05, 0) is 5.92 Å². The summed E-state index contributed by atoms with van der Waals surface area (Å²) in [6.07, 6.45) is 0.483. The third-order valence-corrected chi connectivity index (χ3v) is 5.18. The highest BCUT2D eigenvalue weighted by Gasteiger charge is 2.14. The molecule has 0 saturated carbocycles. The average molecular weight is 277 g/mol. The normalized spacial score (nSPS) is 20.5. The molecule has 17 heavy (non-hydrogen) atoms. The van der Waals surface area contributed by atoms with E-state index in [-0.39, 0.29) is 5.91 Å².